The molecule has 0 atom stereocenters. The molecule has 5 heterocycles. The number of benzene rings is 1. The molecule has 0 saturated carbocycles. The summed E-state index contributed by atoms with van der Waals surface area (Å²) in [5.41, 5.74) is 5.38. The van der Waals surface area contributed by atoms with E-state index in [4.69, 9.17) is 9.72 Å². The fraction of sp³-hybridized carbons (Fsp3) is 0.250. The van der Waals surface area contributed by atoms with E-state index in [9.17, 15) is 0 Å². The van der Waals surface area contributed by atoms with Crippen LogP contribution in [-0.2, 0) is 11.3 Å². The van der Waals surface area contributed by atoms with Gasteiger partial charge in [-0.15, -0.1) is 11.3 Å². The quantitative estimate of drug-likeness (QED) is 0.345. The van der Waals surface area contributed by atoms with Crippen molar-refractivity contribution in [3.8, 4) is 21.8 Å². The molecule has 1 fully saturated rings. The smallest absolute Gasteiger partial charge is 0.137 e. The Labute approximate surface area is 198 Å². The van der Waals surface area contributed by atoms with Crippen LogP contribution in [0.25, 0.3) is 43.8 Å². The number of hydrogen-bond acceptors (Lipinski definition) is 5. The summed E-state index contributed by atoms with van der Waals surface area (Å²) in [5, 5.41) is 5.49. The minimum Gasteiger partial charge on any atom is -0.379 e. The van der Waals surface area contributed by atoms with E-state index in [2.05, 4.69) is 71.2 Å². The lowest BCUT2D eigenvalue weighted by Gasteiger charge is -2.26. The molecule has 6 rings (SSSR count). The Morgan fingerprint density at radius 1 is 1.09 bits per heavy atom. The maximum Gasteiger partial charge on any atom is 0.137 e. The Morgan fingerprint density at radius 2 is 2.00 bits per heavy atom. The van der Waals surface area contributed by atoms with Crippen molar-refractivity contribution in [2.24, 2.45) is 0 Å². The van der Waals surface area contributed by atoms with Crippen molar-refractivity contribution in [2.75, 3.05) is 32.8 Å². The monoisotopic (exact) mass is 507 g/mol. The largest absolute Gasteiger partial charge is 0.379 e. The van der Waals surface area contributed by atoms with Gasteiger partial charge in [0.1, 0.15) is 10.7 Å². The fourth-order valence-electron chi connectivity index (χ4n) is 4.39. The van der Waals surface area contributed by atoms with Gasteiger partial charge >= 0.3 is 0 Å². The SMILES string of the molecule is Brc1ccc2c(c1)c(-c1nc(-c3c[nH]c4ncccc34)cs1)cn2CCN1CCOCC1. The number of nitrogens with zero attached hydrogens (tertiary/aromatic N) is 4. The molecule has 0 amide bonds. The van der Waals surface area contributed by atoms with Crippen LogP contribution in [0, 0.1) is 0 Å². The van der Waals surface area contributed by atoms with E-state index in [0.717, 1.165) is 71.2 Å². The van der Waals surface area contributed by atoms with Crippen molar-refractivity contribution in [3.05, 3.63) is 58.8 Å². The van der Waals surface area contributed by atoms with E-state index < -0.39 is 0 Å². The van der Waals surface area contributed by atoms with Crippen LogP contribution in [0.3, 0.4) is 0 Å². The van der Waals surface area contributed by atoms with Crippen molar-refractivity contribution < 1.29 is 4.74 Å². The van der Waals surface area contributed by atoms with Crippen molar-refractivity contribution in [3.63, 3.8) is 0 Å². The van der Waals surface area contributed by atoms with E-state index in [-0.39, 0.29) is 0 Å². The topological polar surface area (TPSA) is 59.0 Å². The third kappa shape index (κ3) is 3.67. The van der Waals surface area contributed by atoms with E-state index >= 15 is 0 Å². The molecule has 1 saturated heterocycles. The van der Waals surface area contributed by atoms with Gasteiger partial charge < -0.3 is 14.3 Å². The summed E-state index contributed by atoms with van der Waals surface area (Å²) in [4.78, 5) is 15.2. The van der Waals surface area contributed by atoms with Gasteiger partial charge in [-0.25, -0.2) is 9.97 Å². The Morgan fingerprint density at radius 3 is 2.91 bits per heavy atom. The van der Waals surface area contributed by atoms with Crippen LogP contribution in [-0.4, -0.2) is 57.3 Å². The first kappa shape index (κ1) is 20.1. The zero-order valence-electron chi connectivity index (χ0n) is 17.4. The molecule has 0 spiro atoms. The second-order valence-corrected chi connectivity index (χ2v) is 9.77. The lowest BCUT2D eigenvalue weighted by atomic mass is 10.1. The average molecular weight is 508 g/mol. The van der Waals surface area contributed by atoms with Gasteiger partial charge in [-0.2, -0.15) is 0 Å². The Balaban J connectivity index is 1.37. The van der Waals surface area contributed by atoms with Gasteiger partial charge in [0.2, 0.25) is 0 Å². The van der Waals surface area contributed by atoms with Crippen molar-refractivity contribution in [1.82, 2.24) is 24.4 Å². The Bertz CT molecular complexity index is 1400. The van der Waals surface area contributed by atoms with Crippen LogP contribution in [0.4, 0.5) is 0 Å². The maximum absolute atomic E-state index is 5.49. The van der Waals surface area contributed by atoms with Gasteiger partial charge in [0.05, 0.1) is 18.9 Å². The van der Waals surface area contributed by atoms with E-state index in [1.165, 1.54) is 16.5 Å². The lowest BCUT2D eigenvalue weighted by molar-refractivity contribution is 0.0365. The first-order valence-corrected chi connectivity index (χ1v) is 12.4. The molecule has 5 aromatic rings. The van der Waals surface area contributed by atoms with Crippen LogP contribution in [0.15, 0.2) is 58.8 Å². The molecule has 1 N–H and O–H groups in total. The normalized spacial score (nSPS) is 15.2. The molecular formula is C24H22BrN5OS. The predicted molar refractivity (Wildman–Crippen MR) is 133 cm³/mol. The summed E-state index contributed by atoms with van der Waals surface area (Å²) in [6, 6.07) is 10.6. The van der Waals surface area contributed by atoms with Gasteiger partial charge in [-0.05, 0) is 30.3 Å². The lowest BCUT2D eigenvalue weighted by Crippen LogP contribution is -2.38. The van der Waals surface area contributed by atoms with Gasteiger partial charge in [0, 0.05) is 82.0 Å². The molecule has 0 unspecified atom stereocenters. The molecule has 0 radical (unpaired) electrons. The van der Waals surface area contributed by atoms with Crippen LogP contribution in [0.5, 0.6) is 0 Å². The highest BCUT2D eigenvalue weighted by atomic mass is 79.9. The summed E-state index contributed by atoms with van der Waals surface area (Å²) in [7, 11) is 0. The molecule has 8 heteroatoms. The third-order valence-electron chi connectivity index (χ3n) is 6.07. The maximum atomic E-state index is 5.49. The van der Waals surface area contributed by atoms with Crippen LogP contribution in [0.2, 0.25) is 0 Å². The number of hydrogen-bond donors (Lipinski definition) is 1. The van der Waals surface area contributed by atoms with Gasteiger partial charge in [-0.3, -0.25) is 4.90 Å². The van der Waals surface area contributed by atoms with Crippen LogP contribution < -0.4 is 0 Å². The number of H-pyrrole nitrogens is 1. The number of aromatic amines is 1. The summed E-state index contributed by atoms with van der Waals surface area (Å²) in [6.07, 6.45) is 6.06. The number of rotatable bonds is 5. The van der Waals surface area contributed by atoms with Crippen molar-refractivity contribution >= 4 is 49.2 Å². The molecule has 0 aliphatic carbocycles. The molecule has 32 heavy (non-hydrogen) atoms. The van der Waals surface area contributed by atoms with Gasteiger partial charge in [0.15, 0.2) is 0 Å². The number of nitrogens with one attached hydrogen (secondary N) is 1. The first-order valence-electron chi connectivity index (χ1n) is 10.7. The number of halogens is 1. The molecular weight excluding hydrogens is 486 g/mol. The summed E-state index contributed by atoms with van der Waals surface area (Å²) >= 11 is 5.34. The predicted octanol–water partition coefficient (Wildman–Crippen LogP) is 5.40. The summed E-state index contributed by atoms with van der Waals surface area (Å²) in [5.74, 6) is 0. The number of morpholine rings is 1. The van der Waals surface area contributed by atoms with Gasteiger partial charge in [-0.1, -0.05) is 15.9 Å². The zero-order valence-corrected chi connectivity index (χ0v) is 19.8. The number of aromatic nitrogens is 4. The molecule has 1 aliphatic rings. The van der Waals surface area contributed by atoms with Crippen molar-refractivity contribution in [2.45, 2.75) is 6.54 Å². The second kappa shape index (κ2) is 8.44. The molecule has 0 bridgehead atoms. The number of thiazole rings is 1. The highest BCUT2D eigenvalue weighted by Gasteiger charge is 2.17. The molecule has 162 valence electrons. The third-order valence-corrected chi connectivity index (χ3v) is 7.43. The van der Waals surface area contributed by atoms with E-state index in [1.807, 2.05) is 12.3 Å². The van der Waals surface area contributed by atoms with Crippen molar-refractivity contribution in [1.29, 1.82) is 0 Å². The minimum absolute atomic E-state index is 0.829. The Kier molecular flexibility index (Phi) is 5.30. The highest BCUT2D eigenvalue weighted by Crippen LogP contribution is 2.37. The molecule has 6 nitrogen and oxygen atoms in total. The highest BCUT2D eigenvalue weighted by molar-refractivity contribution is 9.10. The Hall–Kier alpha value is -2.52. The van der Waals surface area contributed by atoms with Crippen LogP contribution in [0.1, 0.15) is 0 Å². The number of ether oxygens (including phenoxy) is 1. The van der Waals surface area contributed by atoms with E-state index in [1.54, 1.807) is 17.5 Å². The van der Waals surface area contributed by atoms with Gasteiger partial charge in [0.25, 0.3) is 0 Å². The molecule has 4 aromatic heterocycles. The fourth-order valence-corrected chi connectivity index (χ4v) is 5.59. The molecule has 1 aromatic carbocycles. The summed E-state index contributed by atoms with van der Waals surface area (Å²) < 4.78 is 8.93. The number of pyridine rings is 1. The zero-order chi connectivity index (χ0) is 21.5. The minimum atomic E-state index is 0.829. The standard InChI is InChI=1S/C24H22BrN5OS/c25-16-3-4-22-18(12-16)20(14-30(22)7-6-29-8-10-31-11-9-29)24-28-21(15-32-24)19-13-27-23-17(19)2-1-5-26-23/h1-5,12-15H,6-11H2,(H,26,27). The number of fused-ring (bicyclic) bond motifs is 2. The summed E-state index contributed by atoms with van der Waals surface area (Å²) in [6.45, 7) is 5.64. The second-order valence-electron chi connectivity index (χ2n) is 7.99. The van der Waals surface area contributed by atoms with E-state index in [0.29, 0.717) is 0 Å². The molecule has 1 aliphatic heterocycles. The van der Waals surface area contributed by atoms with Crippen LogP contribution >= 0.6 is 27.3 Å². The first-order chi connectivity index (χ1) is 15.8. The average Bonchev–Trinajstić information content (AvgIpc) is 3.55.